The smallest absolute Gasteiger partial charge is 0.363 e. The molecular weight excluding hydrogens is 268 g/mol. The Balaban J connectivity index is 1.93. The first-order chi connectivity index (χ1) is 9.54. The highest BCUT2D eigenvalue weighted by molar-refractivity contribution is 5.66. The van der Waals surface area contributed by atoms with E-state index in [1.54, 1.807) is 0 Å². The summed E-state index contributed by atoms with van der Waals surface area (Å²) in [6.45, 7) is 0.0468. The quantitative estimate of drug-likeness (QED) is 0.567. The zero-order chi connectivity index (χ0) is 14.5. The Morgan fingerprint density at radius 2 is 2.30 bits per heavy atom. The molecule has 0 aliphatic heterocycles. The van der Waals surface area contributed by atoms with E-state index in [0.29, 0.717) is 17.9 Å². The number of hydrogen-bond acceptors (Lipinski definition) is 7. The number of pyridine rings is 1. The van der Waals surface area contributed by atoms with Crippen molar-refractivity contribution in [1.82, 2.24) is 20.0 Å². The number of nitrogens with one attached hydrogen (secondary N) is 1. The van der Waals surface area contributed by atoms with Crippen LogP contribution in [0, 0.1) is 10.1 Å². The molecule has 2 rings (SSSR count). The molecule has 0 saturated heterocycles. The van der Waals surface area contributed by atoms with Gasteiger partial charge in [-0.25, -0.2) is 4.68 Å². The van der Waals surface area contributed by atoms with Gasteiger partial charge in [-0.15, -0.1) is 5.10 Å². The topological polar surface area (TPSA) is 136 Å². The van der Waals surface area contributed by atoms with Gasteiger partial charge in [-0.2, -0.15) is 0 Å². The molecule has 0 atom stereocenters. The van der Waals surface area contributed by atoms with Gasteiger partial charge in [-0.05, 0) is 16.0 Å². The van der Waals surface area contributed by atoms with Crippen molar-refractivity contribution in [3.63, 3.8) is 0 Å². The molecule has 0 bridgehead atoms. The van der Waals surface area contributed by atoms with Gasteiger partial charge in [0.15, 0.2) is 6.20 Å². The number of hydrogen-bond donors (Lipinski definition) is 2. The predicted molar refractivity (Wildman–Crippen MR) is 65.9 cm³/mol. The van der Waals surface area contributed by atoms with Gasteiger partial charge in [0, 0.05) is 6.07 Å². The number of carbonyl (C=O) groups is 1. The van der Waals surface area contributed by atoms with Crippen molar-refractivity contribution in [2.75, 3.05) is 5.32 Å². The molecule has 104 valence electrons. The van der Waals surface area contributed by atoms with Crippen LogP contribution in [0.3, 0.4) is 0 Å². The fraction of sp³-hybridized carbons (Fsp3) is 0.200. The number of aromatic nitrogens is 4. The summed E-state index contributed by atoms with van der Waals surface area (Å²) >= 11 is 0. The Labute approximate surface area is 112 Å². The molecule has 0 saturated carbocycles. The highest BCUT2D eigenvalue weighted by Crippen LogP contribution is 2.12. The largest absolute Gasteiger partial charge is 0.480 e. The second-order valence-electron chi connectivity index (χ2n) is 3.82. The standard InChI is InChI=1S/C10H10N6O4/c17-10(18)6-15-5-8(13-14-15)4-11-7-1-2-9(12-3-7)16(19)20/h1-3,5,11H,4,6H2,(H,17,18). The summed E-state index contributed by atoms with van der Waals surface area (Å²) in [4.78, 5) is 24.0. The van der Waals surface area contributed by atoms with Crippen LogP contribution >= 0.6 is 0 Å². The molecular formula is C10H10N6O4. The normalized spacial score (nSPS) is 10.2. The molecule has 20 heavy (non-hydrogen) atoms. The van der Waals surface area contributed by atoms with Gasteiger partial charge < -0.3 is 20.5 Å². The molecule has 10 heteroatoms. The zero-order valence-corrected chi connectivity index (χ0v) is 10.1. The number of anilines is 1. The third-order valence-electron chi connectivity index (χ3n) is 2.29. The van der Waals surface area contributed by atoms with Crippen molar-refractivity contribution < 1.29 is 14.8 Å². The lowest BCUT2D eigenvalue weighted by Crippen LogP contribution is -2.09. The summed E-state index contributed by atoms with van der Waals surface area (Å²) in [5, 5.41) is 29.4. The number of rotatable bonds is 6. The SMILES string of the molecule is O=C(O)Cn1cc(CNc2ccc([N+](=O)[O-])nc2)nn1. The minimum Gasteiger partial charge on any atom is -0.480 e. The Hall–Kier alpha value is -3.04. The van der Waals surface area contributed by atoms with E-state index in [2.05, 4.69) is 20.6 Å². The lowest BCUT2D eigenvalue weighted by atomic mass is 10.4. The van der Waals surface area contributed by atoms with Crippen LogP contribution in [0.4, 0.5) is 11.5 Å². The van der Waals surface area contributed by atoms with Crippen molar-refractivity contribution in [2.24, 2.45) is 0 Å². The van der Waals surface area contributed by atoms with E-state index >= 15 is 0 Å². The summed E-state index contributed by atoms with van der Waals surface area (Å²) in [7, 11) is 0. The van der Waals surface area contributed by atoms with Crippen LogP contribution in [0.1, 0.15) is 5.69 Å². The fourth-order valence-corrected chi connectivity index (χ4v) is 1.43. The monoisotopic (exact) mass is 278 g/mol. The number of nitro groups is 1. The third-order valence-corrected chi connectivity index (χ3v) is 2.29. The van der Waals surface area contributed by atoms with Crippen molar-refractivity contribution in [2.45, 2.75) is 13.1 Å². The van der Waals surface area contributed by atoms with Gasteiger partial charge in [-0.3, -0.25) is 4.79 Å². The first-order valence-corrected chi connectivity index (χ1v) is 5.50. The number of aliphatic carboxylic acids is 1. The van der Waals surface area contributed by atoms with E-state index in [9.17, 15) is 14.9 Å². The Morgan fingerprint density at radius 1 is 1.50 bits per heavy atom. The van der Waals surface area contributed by atoms with Crippen LogP contribution in [0.25, 0.3) is 0 Å². The molecule has 2 aromatic rings. The first kappa shape index (κ1) is 13.4. The third kappa shape index (κ3) is 3.48. The van der Waals surface area contributed by atoms with Crippen LogP contribution in [0.2, 0.25) is 0 Å². The minimum atomic E-state index is -1.01. The van der Waals surface area contributed by atoms with Crippen molar-refractivity contribution in [1.29, 1.82) is 0 Å². The molecule has 2 heterocycles. The minimum absolute atomic E-state index is 0.233. The van der Waals surface area contributed by atoms with E-state index in [4.69, 9.17) is 5.11 Å². The van der Waals surface area contributed by atoms with Gasteiger partial charge in [0.25, 0.3) is 0 Å². The summed E-state index contributed by atoms with van der Waals surface area (Å²) in [6.07, 6.45) is 2.83. The van der Waals surface area contributed by atoms with Crippen molar-refractivity contribution >= 4 is 17.5 Å². The maximum absolute atomic E-state index is 10.5. The van der Waals surface area contributed by atoms with Crippen molar-refractivity contribution in [3.8, 4) is 0 Å². The molecule has 2 N–H and O–H groups in total. The molecule has 0 radical (unpaired) electrons. The fourth-order valence-electron chi connectivity index (χ4n) is 1.43. The van der Waals surface area contributed by atoms with Crippen LogP contribution in [-0.2, 0) is 17.9 Å². The average molecular weight is 278 g/mol. The number of carboxylic acids is 1. The van der Waals surface area contributed by atoms with E-state index < -0.39 is 10.9 Å². The highest BCUT2D eigenvalue weighted by atomic mass is 16.6. The maximum atomic E-state index is 10.5. The number of nitrogens with zero attached hydrogens (tertiary/aromatic N) is 5. The second-order valence-corrected chi connectivity index (χ2v) is 3.82. The Kier molecular flexibility index (Phi) is 3.84. The van der Waals surface area contributed by atoms with Gasteiger partial charge in [0.05, 0.1) is 18.4 Å². The molecule has 0 aliphatic carbocycles. The number of carboxylic acid groups (broad SMARTS) is 1. The summed E-state index contributed by atoms with van der Waals surface area (Å²) in [5.41, 5.74) is 1.13. The zero-order valence-electron chi connectivity index (χ0n) is 10.1. The molecule has 0 amide bonds. The van der Waals surface area contributed by atoms with Gasteiger partial charge in [-0.1, -0.05) is 5.21 Å². The molecule has 0 aliphatic rings. The van der Waals surface area contributed by atoms with Crippen LogP contribution < -0.4 is 5.32 Å². The van der Waals surface area contributed by atoms with E-state index in [0.717, 1.165) is 0 Å². The lowest BCUT2D eigenvalue weighted by molar-refractivity contribution is -0.389. The van der Waals surface area contributed by atoms with Gasteiger partial charge in [0.2, 0.25) is 0 Å². The van der Waals surface area contributed by atoms with Crippen LogP contribution in [-0.4, -0.2) is 36.0 Å². The second kappa shape index (κ2) is 5.73. The molecule has 0 fully saturated rings. The van der Waals surface area contributed by atoms with Crippen LogP contribution in [0.5, 0.6) is 0 Å². The van der Waals surface area contributed by atoms with E-state index in [1.165, 1.54) is 29.2 Å². The highest BCUT2D eigenvalue weighted by Gasteiger charge is 2.07. The Morgan fingerprint density at radius 3 is 2.90 bits per heavy atom. The lowest BCUT2D eigenvalue weighted by Gasteiger charge is -2.01. The molecule has 0 aromatic carbocycles. The molecule has 0 spiro atoms. The maximum Gasteiger partial charge on any atom is 0.363 e. The van der Waals surface area contributed by atoms with E-state index in [1.807, 2.05) is 0 Å². The van der Waals surface area contributed by atoms with Crippen LogP contribution in [0.15, 0.2) is 24.5 Å². The summed E-state index contributed by atoms with van der Waals surface area (Å²) < 4.78 is 1.20. The summed E-state index contributed by atoms with van der Waals surface area (Å²) in [6, 6.07) is 2.80. The van der Waals surface area contributed by atoms with E-state index in [-0.39, 0.29) is 12.4 Å². The van der Waals surface area contributed by atoms with Crippen molar-refractivity contribution in [3.05, 3.63) is 40.3 Å². The van der Waals surface area contributed by atoms with Gasteiger partial charge >= 0.3 is 11.8 Å². The molecule has 2 aromatic heterocycles. The molecule has 0 unspecified atom stereocenters. The Bertz CT molecular complexity index is 623. The van der Waals surface area contributed by atoms with Gasteiger partial charge in [0.1, 0.15) is 12.2 Å². The predicted octanol–water partition coefficient (Wildman–Crippen LogP) is 0.278. The average Bonchev–Trinajstić information content (AvgIpc) is 2.83. The molecule has 10 nitrogen and oxygen atoms in total. The summed E-state index contributed by atoms with van der Waals surface area (Å²) in [5.74, 6) is -1.24. The first-order valence-electron chi connectivity index (χ1n) is 5.50.